The first kappa shape index (κ1) is 12.8. The summed E-state index contributed by atoms with van der Waals surface area (Å²) in [6.07, 6.45) is 0. The molecule has 0 fully saturated rings. The number of rotatable bonds is 2. The quantitative estimate of drug-likeness (QED) is 0.430. The molecule has 0 unspecified atom stereocenters. The maximum absolute atomic E-state index is 12.0. The second-order valence-electron chi connectivity index (χ2n) is 4.26. The van der Waals surface area contributed by atoms with Crippen LogP contribution in [0.25, 0.3) is 10.9 Å². The zero-order chi connectivity index (χ0) is 14.2. The molecule has 6 nitrogen and oxygen atoms in total. The lowest BCUT2D eigenvalue weighted by Gasteiger charge is -2.12. The topological polar surface area (TPSA) is 103 Å². The summed E-state index contributed by atoms with van der Waals surface area (Å²) in [5.74, 6) is -0.822. The third-order valence-electron chi connectivity index (χ3n) is 2.94. The predicted molar refractivity (Wildman–Crippen MR) is 72.3 cm³/mol. The van der Waals surface area contributed by atoms with Crippen LogP contribution in [0.15, 0.2) is 24.3 Å². The third-order valence-corrected chi connectivity index (χ3v) is 2.94. The summed E-state index contributed by atoms with van der Waals surface area (Å²) < 4.78 is 0. The molecule has 2 aromatic rings. The van der Waals surface area contributed by atoms with Crippen LogP contribution < -0.4 is 5.73 Å². The van der Waals surface area contributed by atoms with E-state index >= 15 is 0 Å². The number of amides is 1. The van der Waals surface area contributed by atoms with Gasteiger partial charge in [0.2, 0.25) is 0 Å². The Kier molecular flexibility index (Phi) is 3.08. The van der Waals surface area contributed by atoms with Crippen LogP contribution in [0.3, 0.4) is 0 Å². The number of benzene rings is 1. The van der Waals surface area contributed by atoms with Crippen molar-refractivity contribution >= 4 is 28.6 Å². The summed E-state index contributed by atoms with van der Waals surface area (Å²) in [7, 11) is 1.42. The van der Waals surface area contributed by atoms with Gasteiger partial charge in [0, 0.05) is 23.5 Å². The van der Waals surface area contributed by atoms with Crippen molar-refractivity contribution in [2.75, 3.05) is 7.05 Å². The smallest absolute Gasteiger partial charge is 0.276 e. The number of hydrogen-bond acceptors (Lipinski definition) is 3. The van der Waals surface area contributed by atoms with E-state index < -0.39 is 5.91 Å². The van der Waals surface area contributed by atoms with Crippen LogP contribution in [-0.2, 0) is 0 Å². The molecule has 0 saturated heterocycles. The fourth-order valence-corrected chi connectivity index (χ4v) is 1.87. The molecule has 6 heteroatoms. The number of guanidine groups is 1. The van der Waals surface area contributed by atoms with Gasteiger partial charge in [-0.1, -0.05) is 12.1 Å². The van der Waals surface area contributed by atoms with Crippen LogP contribution in [0, 0.1) is 5.41 Å². The van der Waals surface area contributed by atoms with E-state index in [0.29, 0.717) is 22.2 Å². The van der Waals surface area contributed by atoms with Gasteiger partial charge in [0.25, 0.3) is 5.91 Å². The molecule has 98 valence electrons. The second kappa shape index (κ2) is 4.56. The molecule has 0 spiro atoms. The number of carbonyl (C=O) groups is 2. The van der Waals surface area contributed by atoms with Crippen LogP contribution in [0.2, 0.25) is 0 Å². The monoisotopic (exact) mass is 258 g/mol. The number of ketones is 1. The molecular formula is C13H14N4O2. The molecule has 0 bridgehead atoms. The largest absolute Gasteiger partial charge is 0.370 e. The first-order chi connectivity index (χ1) is 8.91. The third kappa shape index (κ3) is 2.20. The van der Waals surface area contributed by atoms with Crippen molar-refractivity contribution < 1.29 is 9.59 Å². The Morgan fingerprint density at radius 1 is 1.37 bits per heavy atom. The van der Waals surface area contributed by atoms with Gasteiger partial charge in [-0.2, -0.15) is 0 Å². The minimum Gasteiger partial charge on any atom is -0.370 e. The molecule has 0 saturated carbocycles. The molecule has 0 aliphatic carbocycles. The lowest BCUT2D eigenvalue weighted by atomic mass is 10.1. The van der Waals surface area contributed by atoms with Crippen molar-refractivity contribution in [3.63, 3.8) is 0 Å². The molecule has 19 heavy (non-hydrogen) atoms. The highest BCUT2D eigenvalue weighted by Crippen LogP contribution is 2.21. The molecule has 4 N–H and O–H groups in total. The van der Waals surface area contributed by atoms with E-state index in [1.807, 2.05) is 0 Å². The normalized spacial score (nSPS) is 10.4. The van der Waals surface area contributed by atoms with Gasteiger partial charge >= 0.3 is 0 Å². The number of hydrogen-bond donors (Lipinski definition) is 3. The molecule has 0 radical (unpaired) electrons. The van der Waals surface area contributed by atoms with Crippen molar-refractivity contribution in [1.29, 1.82) is 5.41 Å². The van der Waals surface area contributed by atoms with Crippen LogP contribution in [0.4, 0.5) is 0 Å². The summed E-state index contributed by atoms with van der Waals surface area (Å²) >= 11 is 0. The molecule has 1 amide bonds. The molecule has 0 atom stereocenters. The highest BCUT2D eigenvalue weighted by molar-refractivity contribution is 6.10. The van der Waals surface area contributed by atoms with Gasteiger partial charge in [-0.3, -0.25) is 19.9 Å². The number of Topliss-reactive ketones (excluding diaryl/α,β-unsaturated/α-hetero) is 1. The minimum absolute atomic E-state index is 0.0662. The van der Waals surface area contributed by atoms with E-state index in [2.05, 4.69) is 4.98 Å². The summed E-state index contributed by atoms with van der Waals surface area (Å²) in [5, 5.41) is 7.93. The van der Waals surface area contributed by atoms with E-state index in [1.54, 1.807) is 24.3 Å². The minimum atomic E-state index is -0.418. The molecule has 1 aromatic heterocycles. The second-order valence-corrected chi connectivity index (χ2v) is 4.26. The van der Waals surface area contributed by atoms with Gasteiger partial charge in [0.05, 0.1) is 0 Å². The lowest BCUT2D eigenvalue weighted by Crippen LogP contribution is -2.38. The first-order valence-corrected chi connectivity index (χ1v) is 5.66. The van der Waals surface area contributed by atoms with Crippen LogP contribution >= 0.6 is 0 Å². The number of carbonyl (C=O) groups excluding carboxylic acids is 2. The van der Waals surface area contributed by atoms with Crippen LogP contribution in [0.5, 0.6) is 0 Å². The molecule has 2 rings (SSSR count). The lowest BCUT2D eigenvalue weighted by molar-refractivity contribution is 0.0864. The first-order valence-electron chi connectivity index (χ1n) is 5.66. The maximum atomic E-state index is 12.0. The number of H-pyrrole nitrogens is 1. The summed E-state index contributed by atoms with van der Waals surface area (Å²) in [6.45, 7) is 1.48. The van der Waals surface area contributed by atoms with Crippen molar-refractivity contribution in [2.45, 2.75) is 6.92 Å². The van der Waals surface area contributed by atoms with Crippen molar-refractivity contribution in [3.05, 3.63) is 35.5 Å². The maximum Gasteiger partial charge on any atom is 0.276 e. The Hall–Kier alpha value is -2.63. The van der Waals surface area contributed by atoms with Gasteiger partial charge < -0.3 is 10.7 Å². The Bertz CT molecular complexity index is 687. The van der Waals surface area contributed by atoms with E-state index in [4.69, 9.17) is 11.1 Å². The number of nitrogens with one attached hydrogen (secondary N) is 2. The fourth-order valence-electron chi connectivity index (χ4n) is 1.87. The molecule has 1 aromatic carbocycles. The van der Waals surface area contributed by atoms with Crippen LogP contribution in [0.1, 0.15) is 27.8 Å². The standard InChI is InChI=1S/C13H14N4O2/c1-7(18)8-4-3-5-10-9(8)6-11(16-10)12(19)17(2)13(14)15/h3-6,16H,1-2H3,(H3,14,15). The van der Waals surface area contributed by atoms with Gasteiger partial charge in [0.15, 0.2) is 11.7 Å². The van der Waals surface area contributed by atoms with Gasteiger partial charge in [-0.05, 0) is 19.1 Å². The van der Waals surface area contributed by atoms with Gasteiger partial charge in [-0.15, -0.1) is 0 Å². The highest BCUT2D eigenvalue weighted by atomic mass is 16.2. The zero-order valence-corrected chi connectivity index (χ0v) is 10.7. The van der Waals surface area contributed by atoms with Gasteiger partial charge in [-0.25, -0.2) is 0 Å². The Labute approximate surface area is 109 Å². The van der Waals surface area contributed by atoms with Gasteiger partial charge in [0.1, 0.15) is 5.69 Å². The Morgan fingerprint density at radius 2 is 2.05 bits per heavy atom. The van der Waals surface area contributed by atoms with Crippen molar-refractivity contribution in [1.82, 2.24) is 9.88 Å². The predicted octanol–water partition coefficient (Wildman–Crippen LogP) is 1.34. The highest BCUT2D eigenvalue weighted by Gasteiger charge is 2.17. The number of nitrogens with zero attached hydrogens (tertiary/aromatic N) is 1. The fraction of sp³-hybridized carbons (Fsp3) is 0.154. The SMILES string of the molecule is CC(=O)c1cccc2[nH]c(C(=O)N(C)C(=N)N)cc12. The molecular weight excluding hydrogens is 244 g/mol. The Morgan fingerprint density at radius 3 is 2.63 bits per heavy atom. The van der Waals surface area contributed by atoms with E-state index in [0.717, 1.165) is 4.90 Å². The van der Waals surface area contributed by atoms with E-state index in [9.17, 15) is 9.59 Å². The number of aromatic amines is 1. The number of fused-ring (bicyclic) bond motifs is 1. The molecule has 1 heterocycles. The number of aromatic nitrogens is 1. The zero-order valence-electron chi connectivity index (χ0n) is 10.7. The van der Waals surface area contributed by atoms with Crippen molar-refractivity contribution in [3.8, 4) is 0 Å². The summed E-state index contributed by atoms with van der Waals surface area (Å²) in [4.78, 5) is 27.5. The van der Waals surface area contributed by atoms with E-state index in [1.165, 1.54) is 14.0 Å². The van der Waals surface area contributed by atoms with Crippen LogP contribution in [-0.4, -0.2) is 34.6 Å². The molecule has 0 aliphatic heterocycles. The molecule has 0 aliphatic rings. The Balaban J connectivity index is 2.53. The number of nitrogens with two attached hydrogens (primary N) is 1. The summed E-state index contributed by atoms with van der Waals surface area (Å²) in [6, 6.07) is 6.85. The summed E-state index contributed by atoms with van der Waals surface area (Å²) in [5.41, 5.74) is 6.82. The average molecular weight is 258 g/mol. The van der Waals surface area contributed by atoms with Crippen molar-refractivity contribution in [2.24, 2.45) is 5.73 Å². The average Bonchev–Trinajstić information content (AvgIpc) is 2.79. The van der Waals surface area contributed by atoms with E-state index in [-0.39, 0.29) is 11.7 Å².